The molecule has 1 aromatic carbocycles. The monoisotopic (exact) mass is 254 g/mol. The molecule has 0 saturated heterocycles. The number of benzene rings is 1. The number of sulfone groups is 1. The van der Waals surface area contributed by atoms with Crippen molar-refractivity contribution in [3.05, 3.63) is 35.9 Å². The second-order valence-corrected chi connectivity index (χ2v) is 6.99. The molecule has 0 fully saturated rings. The van der Waals surface area contributed by atoms with Crippen molar-refractivity contribution in [2.75, 3.05) is 5.75 Å². The van der Waals surface area contributed by atoms with Gasteiger partial charge in [-0.1, -0.05) is 30.3 Å². The molecule has 0 heterocycles. The van der Waals surface area contributed by atoms with Gasteiger partial charge in [-0.15, -0.1) is 0 Å². The lowest BCUT2D eigenvalue weighted by Gasteiger charge is -2.06. The highest BCUT2D eigenvalue weighted by Gasteiger charge is 2.16. The number of Topliss-reactive ketones (excluding diaryl/α,β-unsaturated/α-hetero) is 1. The van der Waals surface area contributed by atoms with Crippen molar-refractivity contribution in [1.29, 1.82) is 0 Å². The molecule has 0 saturated carbocycles. The second kappa shape index (κ2) is 5.96. The van der Waals surface area contributed by atoms with Crippen molar-refractivity contribution in [2.24, 2.45) is 0 Å². The Morgan fingerprint density at radius 3 is 2.29 bits per heavy atom. The van der Waals surface area contributed by atoms with Gasteiger partial charge in [0.2, 0.25) is 0 Å². The van der Waals surface area contributed by atoms with E-state index in [2.05, 4.69) is 0 Å². The SMILES string of the molecule is CC(C)S(=O)(=O)CCCC(=O)c1ccccc1. The van der Waals surface area contributed by atoms with Crippen molar-refractivity contribution in [1.82, 2.24) is 0 Å². The summed E-state index contributed by atoms with van der Waals surface area (Å²) in [4.78, 5) is 11.7. The van der Waals surface area contributed by atoms with E-state index < -0.39 is 9.84 Å². The van der Waals surface area contributed by atoms with Crippen molar-refractivity contribution >= 4 is 15.6 Å². The van der Waals surface area contributed by atoms with E-state index in [1.165, 1.54) is 0 Å². The highest BCUT2D eigenvalue weighted by Crippen LogP contribution is 2.08. The number of hydrogen-bond acceptors (Lipinski definition) is 3. The summed E-state index contributed by atoms with van der Waals surface area (Å²) in [5, 5.41) is -0.366. The van der Waals surface area contributed by atoms with Gasteiger partial charge >= 0.3 is 0 Å². The first-order valence-electron chi connectivity index (χ1n) is 5.73. The third-order valence-corrected chi connectivity index (χ3v) is 4.94. The summed E-state index contributed by atoms with van der Waals surface area (Å²) in [6, 6.07) is 8.95. The van der Waals surface area contributed by atoms with Crippen LogP contribution in [-0.2, 0) is 9.84 Å². The molecule has 1 rings (SSSR count). The molecule has 0 atom stereocenters. The van der Waals surface area contributed by atoms with Gasteiger partial charge < -0.3 is 0 Å². The Labute approximate surface area is 103 Å². The lowest BCUT2D eigenvalue weighted by atomic mass is 10.1. The lowest BCUT2D eigenvalue weighted by molar-refractivity contribution is 0.0982. The highest BCUT2D eigenvalue weighted by atomic mass is 32.2. The third-order valence-electron chi connectivity index (χ3n) is 2.65. The molecule has 0 amide bonds. The maximum Gasteiger partial charge on any atom is 0.162 e. The fourth-order valence-corrected chi connectivity index (χ4v) is 2.46. The van der Waals surface area contributed by atoms with Crippen LogP contribution < -0.4 is 0 Å². The number of carbonyl (C=O) groups is 1. The molecule has 17 heavy (non-hydrogen) atoms. The zero-order valence-corrected chi connectivity index (χ0v) is 11.0. The lowest BCUT2D eigenvalue weighted by Crippen LogP contribution is -2.18. The van der Waals surface area contributed by atoms with Crippen molar-refractivity contribution in [3.8, 4) is 0 Å². The summed E-state index contributed by atoms with van der Waals surface area (Å²) >= 11 is 0. The maximum atomic E-state index is 11.7. The first kappa shape index (κ1) is 13.9. The minimum Gasteiger partial charge on any atom is -0.294 e. The Morgan fingerprint density at radius 1 is 1.18 bits per heavy atom. The van der Waals surface area contributed by atoms with E-state index in [1.54, 1.807) is 38.1 Å². The van der Waals surface area contributed by atoms with Crippen molar-refractivity contribution in [2.45, 2.75) is 31.9 Å². The van der Waals surface area contributed by atoms with Crippen LogP contribution in [0.4, 0.5) is 0 Å². The van der Waals surface area contributed by atoms with E-state index in [9.17, 15) is 13.2 Å². The largest absolute Gasteiger partial charge is 0.294 e. The van der Waals surface area contributed by atoms with Crippen molar-refractivity contribution in [3.63, 3.8) is 0 Å². The van der Waals surface area contributed by atoms with E-state index in [4.69, 9.17) is 0 Å². The smallest absolute Gasteiger partial charge is 0.162 e. The van der Waals surface area contributed by atoms with Gasteiger partial charge in [-0.25, -0.2) is 8.42 Å². The topological polar surface area (TPSA) is 51.2 Å². The highest BCUT2D eigenvalue weighted by molar-refractivity contribution is 7.91. The van der Waals surface area contributed by atoms with Gasteiger partial charge in [0.1, 0.15) is 0 Å². The number of carbonyl (C=O) groups excluding carboxylic acids is 1. The Hall–Kier alpha value is -1.16. The Kier molecular flexibility index (Phi) is 4.87. The fraction of sp³-hybridized carbons (Fsp3) is 0.462. The Balaban J connectivity index is 2.46. The fourth-order valence-electron chi connectivity index (χ4n) is 1.44. The summed E-state index contributed by atoms with van der Waals surface area (Å²) in [6.45, 7) is 3.32. The van der Waals surface area contributed by atoms with Gasteiger partial charge in [-0.3, -0.25) is 4.79 Å². The molecule has 0 N–H and O–H groups in total. The van der Waals surface area contributed by atoms with Crippen LogP contribution in [-0.4, -0.2) is 25.2 Å². The number of rotatable bonds is 6. The zero-order chi connectivity index (χ0) is 12.9. The summed E-state index contributed by atoms with van der Waals surface area (Å²) in [5.41, 5.74) is 0.648. The molecule has 0 spiro atoms. The molecule has 0 radical (unpaired) electrons. The third kappa shape index (κ3) is 4.30. The Bertz CT molecular complexity index is 461. The first-order chi connectivity index (χ1) is 7.93. The molecular weight excluding hydrogens is 236 g/mol. The van der Waals surface area contributed by atoms with Crippen LogP contribution in [0.1, 0.15) is 37.0 Å². The maximum absolute atomic E-state index is 11.7. The molecule has 0 aliphatic heterocycles. The van der Waals surface area contributed by atoms with Crippen LogP contribution in [0.15, 0.2) is 30.3 Å². The quantitative estimate of drug-likeness (QED) is 0.733. The molecule has 0 unspecified atom stereocenters. The van der Waals surface area contributed by atoms with Gasteiger partial charge in [0.25, 0.3) is 0 Å². The summed E-state index contributed by atoms with van der Waals surface area (Å²) in [6.07, 6.45) is 0.685. The minimum atomic E-state index is -3.03. The molecule has 0 bridgehead atoms. The Morgan fingerprint density at radius 2 is 1.76 bits per heavy atom. The molecule has 0 aliphatic rings. The standard InChI is InChI=1S/C13H18O3S/c1-11(2)17(15,16)10-6-9-13(14)12-7-4-3-5-8-12/h3-5,7-8,11H,6,9-10H2,1-2H3. The summed E-state index contributed by atoms with van der Waals surface area (Å²) in [7, 11) is -3.03. The van der Waals surface area contributed by atoms with Gasteiger partial charge in [0.05, 0.1) is 11.0 Å². The molecule has 3 nitrogen and oxygen atoms in total. The van der Waals surface area contributed by atoms with Gasteiger partial charge in [0.15, 0.2) is 15.6 Å². The van der Waals surface area contributed by atoms with E-state index in [1.807, 2.05) is 6.07 Å². The van der Waals surface area contributed by atoms with Crippen LogP contribution in [0.2, 0.25) is 0 Å². The van der Waals surface area contributed by atoms with E-state index in [0.29, 0.717) is 12.0 Å². The van der Waals surface area contributed by atoms with Crippen LogP contribution in [0, 0.1) is 0 Å². The summed E-state index contributed by atoms with van der Waals surface area (Å²) in [5.74, 6) is 0.0908. The van der Waals surface area contributed by atoms with Crippen LogP contribution >= 0.6 is 0 Å². The van der Waals surface area contributed by atoms with E-state index in [-0.39, 0.29) is 23.2 Å². The second-order valence-electron chi connectivity index (χ2n) is 4.31. The summed E-state index contributed by atoms with van der Waals surface area (Å²) < 4.78 is 23.1. The average molecular weight is 254 g/mol. The van der Waals surface area contributed by atoms with E-state index >= 15 is 0 Å². The molecule has 4 heteroatoms. The van der Waals surface area contributed by atoms with E-state index in [0.717, 1.165) is 0 Å². The average Bonchev–Trinajstić information content (AvgIpc) is 2.29. The predicted molar refractivity (Wildman–Crippen MR) is 68.9 cm³/mol. The molecular formula is C13H18O3S. The van der Waals surface area contributed by atoms with Gasteiger partial charge in [-0.2, -0.15) is 0 Å². The molecule has 94 valence electrons. The normalized spacial score (nSPS) is 11.7. The number of ketones is 1. The predicted octanol–water partition coefficient (Wildman–Crippen LogP) is 2.47. The molecule has 0 aliphatic carbocycles. The van der Waals surface area contributed by atoms with Gasteiger partial charge in [-0.05, 0) is 20.3 Å². The number of hydrogen-bond donors (Lipinski definition) is 0. The first-order valence-corrected chi connectivity index (χ1v) is 7.45. The zero-order valence-electron chi connectivity index (χ0n) is 10.2. The molecule has 0 aromatic heterocycles. The van der Waals surface area contributed by atoms with Crippen molar-refractivity contribution < 1.29 is 13.2 Å². The van der Waals surface area contributed by atoms with Gasteiger partial charge in [0, 0.05) is 12.0 Å². The van der Waals surface area contributed by atoms with Crippen LogP contribution in [0.25, 0.3) is 0 Å². The van der Waals surface area contributed by atoms with Crippen LogP contribution in [0.3, 0.4) is 0 Å². The molecule has 1 aromatic rings. The minimum absolute atomic E-state index is 0.00422. The van der Waals surface area contributed by atoms with Crippen LogP contribution in [0.5, 0.6) is 0 Å².